The van der Waals surface area contributed by atoms with Gasteiger partial charge in [0.1, 0.15) is 6.33 Å². The summed E-state index contributed by atoms with van der Waals surface area (Å²) in [5.41, 5.74) is 1.91. The molecule has 0 radical (unpaired) electrons. The molecule has 50 valence electrons. The monoisotopic (exact) mass is 133 g/mol. The fourth-order valence-corrected chi connectivity index (χ4v) is 0.962. The summed E-state index contributed by atoms with van der Waals surface area (Å²) >= 11 is 0. The minimum absolute atomic E-state index is 0.933. The Morgan fingerprint density at radius 1 is 1.40 bits per heavy atom. The Kier molecular flexibility index (Phi) is 0.974. The number of rotatable bonds is 0. The molecular formula is C7H7N3. The fourth-order valence-electron chi connectivity index (χ4n) is 0.962. The average molecular weight is 133 g/mol. The highest BCUT2D eigenvalue weighted by atomic mass is 15.0. The van der Waals surface area contributed by atoms with E-state index in [2.05, 4.69) is 9.97 Å². The molecule has 0 spiro atoms. The van der Waals surface area contributed by atoms with Gasteiger partial charge in [0.15, 0.2) is 5.65 Å². The van der Waals surface area contributed by atoms with Crippen molar-refractivity contribution in [3.8, 4) is 0 Å². The van der Waals surface area contributed by atoms with Crippen LogP contribution in [-0.4, -0.2) is 14.4 Å². The molecule has 3 heteroatoms. The Morgan fingerprint density at radius 2 is 2.30 bits per heavy atom. The lowest BCUT2D eigenvalue weighted by atomic mass is 10.5. The van der Waals surface area contributed by atoms with Gasteiger partial charge in [-0.05, 0) is 13.0 Å². The summed E-state index contributed by atoms with van der Waals surface area (Å²) in [6, 6.07) is 1.88. The number of hydrogen-bond donors (Lipinski definition) is 0. The van der Waals surface area contributed by atoms with Crippen LogP contribution in [0.5, 0.6) is 0 Å². The van der Waals surface area contributed by atoms with Crippen molar-refractivity contribution >= 4 is 5.65 Å². The first-order valence-corrected chi connectivity index (χ1v) is 3.12. The van der Waals surface area contributed by atoms with Crippen LogP contribution >= 0.6 is 0 Å². The van der Waals surface area contributed by atoms with Crippen molar-refractivity contribution < 1.29 is 0 Å². The van der Waals surface area contributed by atoms with Gasteiger partial charge in [-0.3, -0.25) is 4.40 Å². The topological polar surface area (TPSA) is 30.2 Å². The molecule has 0 saturated carbocycles. The van der Waals surface area contributed by atoms with Crippen molar-refractivity contribution in [2.24, 2.45) is 0 Å². The lowest BCUT2D eigenvalue weighted by Crippen LogP contribution is -1.83. The van der Waals surface area contributed by atoms with Gasteiger partial charge in [-0.25, -0.2) is 9.97 Å². The van der Waals surface area contributed by atoms with E-state index < -0.39 is 0 Å². The summed E-state index contributed by atoms with van der Waals surface area (Å²) < 4.78 is 1.90. The van der Waals surface area contributed by atoms with Crippen molar-refractivity contribution in [1.29, 1.82) is 0 Å². The summed E-state index contributed by atoms with van der Waals surface area (Å²) in [4.78, 5) is 8.24. The van der Waals surface area contributed by atoms with Crippen LogP contribution in [0.25, 0.3) is 5.65 Å². The van der Waals surface area contributed by atoms with Crippen molar-refractivity contribution in [3.63, 3.8) is 0 Å². The second-order valence-corrected chi connectivity index (χ2v) is 2.18. The molecule has 0 aliphatic rings. The van der Waals surface area contributed by atoms with Crippen LogP contribution in [0.15, 0.2) is 24.8 Å². The van der Waals surface area contributed by atoms with Crippen molar-refractivity contribution in [3.05, 3.63) is 30.5 Å². The molecule has 0 aliphatic carbocycles. The van der Waals surface area contributed by atoms with Gasteiger partial charge in [0.25, 0.3) is 0 Å². The zero-order valence-electron chi connectivity index (χ0n) is 5.65. The zero-order valence-corrected chi connectivity index (χ0v) is 5.65. The predicted molar refractivity (Wildman–Crippen MR) is 37.7 cm³/mol. The third-order valence-electron chi connectivity index (χ3n) is 1.47. The van der Waals surface area contributed by atoms with Crippen LogP contribution in [0.4, 0.5) is 0 Å². The summed E-state index contributed by atoms with van der Waals surface area (Å²) in [5, 5.41) is 0. The first-order chi connectivity index (χ1) is 4.88. The Labute approximate surface area is 58.4 Å². The molecule has 0 N–H and O–H groups in total. The summed E-state index contributed by atoms with van der Waals surface area (Å²) in [6.45, 7) is 1.95. The number of nitrogens with zero attached hydrogens (tertiary/aromatic N) is 3. The molecule has 0 saturated heterocycles. The molecular weight excluding hydrogens is 126 g/mol. The Bertz CT molecular complexity index is 350. The molecule has 0 fully saturated rings. The van der Waals surface area contributed by atoms with Crippen molar-refractivity contribution in [2.75, 3.05) is 0 Å². The van der Waals surface area contributed by atoms with Crippen LogP contribution in [0.1, 0.15) is 5.69 Å². The van der Waals surface area contributed by atoms with Crippen LogP contribution in [0, 0.1) is 6.92 Å². The molecule has 0 atom stereocenters. The molecule has 0 unspecified atom stereocenters. The number of aryl methyl sites for hydroxylation is 1. The SMILES string of the molecule is Cc1ncn2cccnc12. The van der Waals surface area contributed by atoms with E-state index in [9.17, 15) is 0 Å². The Balaban J connectivity index is 2.93. The Hall–Kier alpha value is -1.38. The smallest absolute Gasteiger partial charge is 0.159 e. The predicted octanol–water partition coefficient (Wildman–Crippen LogP) is 1.04. The van der Waals surface area contributed by atoms with Crippen LogP contribution in [0.3, 0.4) is 0 Å². The lowest BCUT2D eigenvalue weighted by Gasteiger charge is -1.88. The van der Waals surface area contributed by atoms with E-state index >= 15 is 0 Å². The molecule has 2 rings (SSSR count). The zero-order chi connectivity index (χ0) is 6.97. The third kappa shape index (κ3) is 0.603. The van der Waals surface area contributed by atoms with Gasteiger partial charge in [0.05, 0.1) is 5.69 Å². The van der Waals surface area contributed by atoms with E-state index in [0.29, 0.717) is 0 Å². The molecule has 0 bridgehead atoms. The van der Waals surface area contributed by atoms with E-state index in [0.717, 1.165) is 11.3 Å². The van der Waals surface area contributed by atoms with Crippen molar-refractivity contribution in [1.82, 2.24) is 14.4 Å². The van der Waals surface area contributed by atoms with Crippen LogP contribution in [0.2, 0.25) is 0 Å². The van der Waals surface area contributed by atoms with E-state index in [4.69, 9.17) is 0 Å². The van der Waals surface area contributed by atoms with Gasteiger partial charge in [0.2, 0.25) is 0 Å². The maximum absolute atomic E-state index is 4.14. The molecule has 2 aromatic rings. The van der Waals surface area contributed by atoms with Crippen LogP contribution < -0.4 is 0 Å². The standard InChI is InChI=1S/C7H7N3/c1-6-7-8-3-2-4-10(7)5-9-6/h2-5H,1H3. The average Bonchev–Trinajstić information content (AvgIpc) is 2.34. The lowest BCUT2D eigenvalue weighted by molar-refractivity contribution is 1.11. The second-order valence-electron chi connectivity index (χ2n) is 2.18. The summed E-state index contributed by atoms with van der Waals surface area (Å²) in [5.74, 6) is 0. The summed E-state index contributed by atoms with van der Waals surface area (Å²) in [7, 11) is 0. The Morgan fingerprint density at radius 3 is 3.10 bits per heavy atom. The molecule has 0 amide bonds. The maximum Gasteiger partial charge on any atom is 0.159 e. The maximum atomic E-state index is 4.14. The first kappa shape index (κ1) is 5.41. The molecule has 0 aromatic carbocycles. The van der Waals surface area contributed by atoms with Gasteiger partial charge >= 0.3 is 0 Å². The highest BCUT2D eigenvalue weighted by Gasteiger charge is 1.95. The van der Waals surface area contributed by atoms with E-state index in [1.807, 2.05) is 23.6 Å². The van der Waals surface area contributed by atoms with Gasteiger partial charge in [-0.15, -0.1) is 0 Å². The van der Waals surface area contributed by atoms with Gasteiger partial charge in [0, 0.05) is 12.4 Å². The molecule has 3 nitrogen and oxygen atoms in total. The quantitative estimate of drug-likeness (QED) is 0.537. The van der Waals surface area contributed by atoms with E-state index in [1.54, 1.807) is 12.5 Å². The van der Waals surface area contributed by atoms with Crippen LogP contribution in [-0.2, 0) is 0 Å². The second kappa shape index (κ2) is 1.80. The largest absolute Gasteiger partial charge is 0.291 e. The molecule has 2 aromatic heterocycles. The highest BCUT2D eigenvalue weighted by Crippen LogP contribution is 2.01. The normalized spacial score (nSPS) is 10.5. The minimum atomic E-state index is 0.933. The molecule has 10 heavy (non-hydrogen) atoms. The van der Waals surface area contributed by atoms with Gasteiger partial charge < -0.3 is 0 Å². The third-order valence-corrected chi connectivity index (χ3v) is 1.47. The van der Waals surface area contributed by atoms with Gasteiger partial charge in [-0.2, -0.15) is 0 Å². The number of imidazole rings is 1. The number of fused-ring (bicyclic) bond motifs is 1. The number of hydrogen-bond acceptors (Lipinski definition) is 2. The van der Waals surface area contributed by atoms with Gasteiger partial charge in [-0.1, -0.05) is 0 Å². The van der Waals surface area contributed by atoms with E-state index in [-0.39, 0.29) is 0 Å². The fraction of sp³-hybridized carbons (Fsp3) is 0.143. The first-order valence-electron chi connectivity index (χ1n) is 3.12. The number of aromatic nitrogens is 3. The highest BCUT2D eigenvalue weighted by molar-refractivity contribution is 5.41. The van der Waals surface area contributed by atoms with Crippen molar-refractivity contribution in [2.45, 2.75) is 6.92 Å². The minimum Gasteiger partial charge on any atom is -0.291 e. The molecule has 2 heterocycles. The van der Waals surface area contributed by atoms with E-state index in [1.165, 1.54) is 0 Å². The molecule has 0 aliphatic heterocycles. The summed E-state index contributed by atoms with van der Waals surface area (Å²) in [6.07, 6.45) is 5.46.